The number of carbonyl (C=O) groups is 3. The fourth-order valence-electron chi connectivity index (χ4n) is 7.94. The zero-order valence-electron chi connectivity index (χ0n) is 44.2. The molecule has 1 atom stereocenters. The van der Waals surface area contributed by atoms with Crippen LogP contribution in [-0.2, 0) is 28.6 Å². The molecule has 0 aromatic rings. The van der Waals surface area contributed by atoms with Gasteiger partial charge < -0.3 is 14.2 Å². The summed E-state index contributed by atoms with van der Waals surface area (Å²) in [5, 5.41) is 0. The summed E-state index contributed by atoms with van der Waals surface area (Å²) in [4.78, 5) is 38.1. The van der Waals surface area contributed by atoms with Gasteiger partial charge in [-0.15, -0.1) is 0 Å². The summed E-state index contributed by atoms with van der Waals surface area (Å²) in [6.07, 6.45) is 70.4. The topological polar surface area (TPSA) is 78.9 Å². The van der Waals surface area contributed by atoms with Crippen LogP contribution in [-0.4, -0.2) is 37.2 Å². The van der Waals surface area contributed by atoms with Crippen LogP contribution in [0.15, 0.2) is 72.9 Å². The number of allylic oxidation sites excluding steroid dienone is 12. The third-order valence-electron chi connectivity index (χ3n) is 12.2. The fraction of sp³-hybridized carbons (Fsp3) is 0.754. The van der Waals surface area contributed by atoms with Gasteiger partial charge in [-0.2, -0.15) is 0 Å². The van der Waals surface area contributed by atoms with Crippen LogP contribution >= 0.6 is 0 Å². The van der Waals surface area contributed by atoms with E-state index in [-0.39, 0.29) is 37.5 Å². The predicted molar refractivity (Wildman–Crippen MR) is 288 cm³/mol. The minimum atomic E-state index is -0.799. The molecule has 0 bridgehead atoms. The van der Waals surface area contributed by atoms with E-state index in [0.29, 0.717) is 19.3 Å². The Morgan fingerprint density at radius 1 is 0.313 bits per heavy atom. The van der Waals surface area contributed by atoms with Crippen molar-refractivity contribution in [1.82, 2.24) is 0 Å². The van der Waals surface area contributed by atoms with Crippen LogP contribution in [0, 0.1) is 0 Å². The largest absolute Gasteiger partial charge is 0.462 e. The van der Waals surface area contributed by atoms with Crippen molar-refractivity contribution >= 4 is 17.9 Å². The highest BCUT2D eigenvalue weighted by Crippen LogP contribution is 2.16. The molecule has 0 radical (unpaired) electrons. The molecule has 0 aromatic heterocycles. The van der Waals surface area contributed by atoms with Gasteiger partial charge in [-0.25, -0.2) is 0 Å². The molecule has 0 heterocycles. The summed E-state index contributed by atoms with van der Waals surface area (Å²) in [7, 11) is 0. The molecule has 0 fully saturated rings. The number of rotatable bonds is 51. The van der Waals surface area contributed by atoms with E-state index in [2.05, 4.69) is 93.7 Å². The Morgan fingerprint density at radius 3 is 0.985 bits per heavy atom. The van der Waals surface area contributed by atoms with Gasteiger partial charge in [0.1, 0.15) is 13.2 Å². The maximum Gasteiger partial charge on any atom is 0.306 e. The zero-order valence-corrected chi connectivity index (χ0v) is 44.2. The van der Waals surface area contributed by atoms with Gasteiger partial charge in [0.15, 0.2) is 6.10 Å². The van der Waals surface area contributed by atoms with Crippen molar-refractivity contribution in [2.24, 2.45) is 0 Å². The van der Waals surface area contributed by atoms with Crippen molar-refractivity contribution < 1.29 is 28.6 Å². The quantitative estimate of drug-likeness (QED) is 0.0262. The number of unbranched alkanes of at least 4 members (excludes halogenated alkanes) is 28. The van der Waals surface area contributed by atoms with Gasteiger partial charge in [-0.3, -0.25) is 14.4 Å². The van der Waals surface area contributed by atoms with Crippen molar-refractivity contribution in [3.63, 3.8) is 0 Å². The smallest absolute Gasteiger partial charge is 0.306 e. The fourth-order valence-corrected chi connectivity index (χ4v) is 7.94. The maximum absolute atomic E-state index is 12.8. The highest BCUT2D eigenvalue weighted by atomic mass is 16.6. The molecule has 0 aromatic carbocycles. The highest BCUT2D eigenvalue weighted by Gasteiger charge is 2.19. The van der Waals surface area contributed by atoms with E-state index in [1.807, 2.05) is 0 Å². The Labute approximate surface area is 414 Å². The normalized spacial score (nSPS) is 12.6. The number of hydrogen-bond donors (Lipinski definition) is 0. The Bertz CT molecular complexity index is 1260. The first-order chi connectivity index (χ1) is 33.0. The lowest BCUT2D eigenvalue weighted by Crippen LogP contribution is -2.30. The second-order valence-corrected chi connectivity index (χ2v) is 18.8. The van der Waals surface area contributed by atoms with Gasteiger partial charge >= 0.3 is 17.9 Å². The lowest BCUT2D eigenvalue weighted by atomic mass is 10.0. The first kappa shape index (κ1) is 63.8. The molecule has 6 heteroatoms. The number of carbonyl (C=O) groups excluding carboxylic acids is 3. The average Bonchev–Trinajstić information content (AvgIpc) is 3.33. The summed E-state index contributed by atoms with van der Waals surface area (Å²) in [6, 6.07) is 0. The molecule has 0 N–H and O–H groups in total. The zero-order chi connectivity index (χ0) is 48.6. The van der Waals surface area contributed by atoms with E-state index < -0.39 is 6.10 Å². The van der Waals surface area contributed by atoms with E-state index in [0.717, 1.165) is 77.0 Å². The minimum Gasteiger partial charge on any atom is -0.462 e. The van der Waals surface area contributed by atoms with Crippen LogP contribution in [0.2, 0.25) is 0 Å². The standard InChI is InChI=1S/C61H106O6/c1-4-7-10-13-16-19-22-25-28-30-33-36-39-42-45-48-51-54-60(63)66-57-58(56-65-59(62)53-50-47-44-41-38-35-32-27-24-21-18-15-12-9-6-3)67-61(64)55-52-49-46-43-40-37-34-31-29-26-23-20-17-14-11-8-5-2/h7,10,16,19,25-26,28-29,33,36,42,45,58H,4-6,8-9,11-15,17-18,20-24,27,30-32,34-35,37-41,43-44,46-57H2,1-3H3/b10-7-,19-16-,28-25-,29-26-,36-33-,45-42-/t58-/m1/s1. The first-order valence-electron chi connectivity index (χ1n) is 28.4. The molecule has 0 spiro atoms. The number of esters is 3. The molecule has 0 amide bonds. The Balaban J connectivity index is 4.46. The van der Waals surface area contributed by atoms with Crippen LogP contribution in [0.5, 0.6) is 0 Å². The Kier molecular flexibility index (Phi) is 52.8. The molecular formula is C61H106O6. The molecule has 0 aliphatic heterocycles. The molecule has 6 nitrogen and oxygen atoms in total. The van der Waals surface area contributed by atoms with Gasteiger partial charge in [0.2, 0.25) is 0 Å². The van der Waals surface area contributed by atoms with Crippen molar-refractivity contribution in [2.45, 2.75) is 284 Å². The summed E-state index contributed by atoms with van der Waals surface area (Å²) >= 11 is 0. The van der Waals surface area contributed by atoms with Crippen LogP contribution in [0.3, 0.4) is 0 Å². The summed E-state index contributed by atoms with van der Waals surface area (Å²) in [6.45, 7) is 6.49. The van der Waals surface area contributed by atoms with Crippen molar-refractivity contribution in [1.29, 1.82) is 0 Å². The molecular weight excluding hydrogens is 829 g/mol. The summed E-state index contributed by atoms with van der Waals surface area (Å²) < 4.78 is 16.8. The van der Waals surface area contributed by atoms with Gasteiger partial charge in [0, 0.05) is 19.3 Å². The Morgan fingerprint density at radius 2 is 0.597 bits per heavy atom. The molecule has 0 rings (SSSR count). The first-order valence-corrected chi connectivity index (χ1v) is 28.4. The molecule has 0 unspecified atom stereocenters. The van der Waals surface area contributed by atoms with E-state index >= 15 is 0 Å². The van der Waals surface area contributed by atoms with Gasteiger partial charge in [-0.1, -0.05) is 248 Å². The second-order valence-electron chi connectivity index (χ2n) is 18.8. The molecule has 67 heavy (non-hydrogen) atoms. The number of hydrogen-bond acceptors (Lipinski definition) is 6. The van der Waals surface area contributed by atoms with Crippen molar-refractivity contribution in [2.75, 3.05) is 13.2 Å². The molecule has 386 valence electrons. The lowest BCUT2D eigenvalue weighted by molar-refractivity contribution is -0.167. The van der Waals surface area contributed by atoms with Gasteiger partial charge in [-0.05, 0) is 83.5 Å². The maximum atomic E-state index is 12.8. The van der Waals surface area contributed by atoms with E-state index in [9.17, 15) is 14.4 Å². The summed E-state index contributed by atoms with van der Waals surface area (Å²) in [5.74, 6) is -0.948. The average molecular weight is 936 g/mol. The van der Waals surface area contributed by atoms with E-state index in [4.69, 9.17) is 14.2 Å². The minimum absolute atomic E-state index is 0.0924. The number of ether oxygens (including phenoxy) is 3. The molecule has 0 aliphatic rings. The second kappa shape index (κ2) is 55.4. The lowest BCUT2D eigenvalue weighted by Gasteiger charge is -2.18. The van der Waals surface area contributed by atoms with E-state index in [1.54, 1.807) is 0 Å². The SMILES string of the molecule is CC/C=C\C/C=C\C/C=C\C/C=C\C/C=C\CCCC(=O)OC[C@@H](COC(=O)CCCCCCCCCCCCCCCCC)OC(=O)CCCCCCCCC/C=C\CCCCCCCC. The predicted octanol–water partition coefficient (Wildman–Crippen LogP) is 19.0. The van der Waals surface area contributed by atoms with Crippen molar-refractivity contribution in [3.8, 4) is 0 Å². The van der Waals surface area contributed by atoms with Crippen LogP contribution in [0.25, 0.3) is 0 Å². The third-order valence-corrected chi connectivity index (χ3v) is 12.2. The van der Waals surface area contributed by atoms with Crippen LogP contribution < -0.4 is 0 Å². The van der Waals surface area contributed by atoms with E-state index in [1.165, 1.54) is 154 Å². The molecule has 0 saturated carbocycles. The Hall–Kier alpha value is -3.15. The van der Waals surface area contributed by atoms with Gasteiger partial charge in [0.25, 0.3) is 0 Å². The van der Waals surface area contributed by atoms with Gasteiger partial charge in [0.05, 0.1) is 0 Å². The molecule has 0 aliphatic carbocycles. The molecule has 0 saturated heterocycles. The highest BCUT2D eigenvalue weighted by molar-refractivity contribution is 5.71. The van der Waals surface area contributed by atoms with Crippen LogP contribution in [0.1, 0.15) is 278 Å². The summed E-state index contributed by atoms with van der Waals surface area (Å²) in [5.41, 5.74) is 0. The monoisotopic (exact) mass is 935 g/mol. The third kappa shape index (κ3) is 53.7. The van der Waals surface area contributed by atoms with Crippen LogP contribution in [0.4, 0.5) is 0 Å². The van der Waals surface area contributed by atoms with Crippen molar-refractivity contribution in [3.05, 3.63) is 72.9 Å².